The number of nitrogens with one attached hydrogen (secondary N) is 1. The summed E-state index contributed by atoms with van der Waals surface area (Å²) in [5.41, 5.74) is 0. The van der Waals surface area contributed by atoms with Gasteiger partial charge in [-0.1, -0.05) is 19.3 Å². The molecule has 136 valence electrons. The third kappa shape index (κ3) is 4.71. The molecular formula is C19H33N3O2. The van der Waals surface area contributed by atoms with Crippen molar-refractivity contribution < 1.29 is 9.59 Å². The van der Waals surface area contributed by atoms with Crippen molar-refractivity contribution in [1.29, 1.82) is 0 Å². The van der Waals surface area contributed by atoms with E-state index in [0.29, 0.717) is 19.0 Å². The molecule has 1 N–H and O–H groups in total. The Bertz CT molecular complexity index is 440. The fourth-order valence-electron chi connectivity index (χ4n) is 4.48. The SMILES string of the molecule is CN1CCC(C(=O)NC2CCN(CC3CCCCC3)CC2)CC1=O. The number of hydrogen-bond acceptors (Lipinski definition) is 3. The maximum Gasteiger partial charge on any atom is 0.223 e. The Labute approximate surface area is 146 Å². The number of carbonyl (C=O) groups excluding carboxylic acids is 2. The Hall–Kier alpha value is -1.10. The Balaban J connectivity index is 1.37. The van der Waals surface area contributed by atoms with Crippen LogP contribution in [0.1, 0.15) is 57.8 Å². The molecule has 3 aliphatic rings. The topological polar surface area (TPSA) is 52.7 Å². The molecule has 24 heavy (non-hydrogen) atoms. The van der Waals surface area contributed by atoms with Crippen LogP contribution >= 0.6 is 0 Å². The fourth-order valence-corrected chi connectivity index (χ4v) is 4.48. The van der Waals surface area contributed by atoms with Crippen molar-refractivity contribution in [3.8, 4) is 0 Å². The zero-order valence-corrected chi connectivity index (χ0v) is 15.1. The minimum atomic E-state index is -0.117. The van der Waals surface area contributed by atoms with Gasteiger partial charge in [0, 0.05) is 51.6 Å². The van der Waals surface area contributed by atoms with E-state index in [4.69, 9.17) is 0 Å². The molecule has 3 fully saturated rings. The van der Waals surface area contributed by atoms with Crippen LogP contribution in [-0.2, 0) is 9.59 Å². The lowest BCUT2D eigenvalue weighted by molar-refractivity contribution is -0.139. The quantitative estimate of drug-likeness (QED) is 0.855. The van der Waals surface area contributed by atoms with E-state index in [9.17, 15) is 9.59 Å². The van der Waals surface area contributed by atoms with Crippen molar-refractivity contribution in [3.05, 3.63) is 0 Å². The molecule has 5 nitrogen and oxygen atoms in total. The molecule has 1 unspecified atom stereocenters. The molecule has 2 heterocycles. The van der Waals surface area contributed by atoms with Crippen molar-refractivity contribution in [3.63, 3.8) is 0 Å². The minimum absolute atomic E-state index is 0.0992. The highest BCUT2D eigenvalue weighted by atomic mass is 16.2. The van der Waals surface area contributed by atoms with E-state index >= 15 is 0 Å². The largest absolute Gasteiger partial charge is 0.353 e. The van der Waals surface area contributed by atoms with Crippen molar-refractivity contribution in [1.82, 2.24) is 15.1 Å². The fraction of sp³-hybridized carbons (Fsp3) is 0.895. The summed E-state index contributed by atoms with van der Waals surface area (Å²) < 4.78 is 0. The minimum Gasteiger partial charge on any atom is -0.353 e. The van der Waals surface area contributed by atoms with Gasteiger partial charge in [-0.15, -0.1) is 0 Å². The maximum absolute atomic E-state index is 12.4. The molecule has 2 amide bonds. The lowest BCUT2D eigenvalue weighted by Crippen LogP contribution is -2.49. The van der Waals surface area contributed by atoms with Crippen molar-refractivity contribution in [2.24, 2.45) is 11.8 Å². The number of likely N-dealkylation sites (tertiary alicyclic amines) is 2. The highest BCUT2D eigenvalue weighted by Crippen LogP contribution is 2.25. The summed E-state index contributed by atoms with van der Waals surface area (Å²) in [6.45, 7) is 4.17. The average Bonchev–Trinajstić information content (AvgIpc) is 2.60. The molecule has 0 aromatic heterocycles. The van der Waals surface area contributed by atoms with Crippen molar-refractivity contribution >= 4 is 11.8 Å². The molecular weight excluding hydrogens is 302 g/mol. The summed E-state index contributed by atoms with van der Waals surface area (Å²) in [4.78, 5) is 28.5. The van der Waals surface area contributed by atoms with E-state index in [1.807, 2.05) is 7.05 Å². The van der Waals surface area contributed by atoms with Gasteiger partial charge in [0.15, 0.2) is 0 Å². The van der Waals surface area contributed by atoms with E-state index in [-0.39, 0.29) is 17.7 Å². The molecule has 0 aromatic rings. The van der Waals surface area contributed by atoms with Gasteiger partial charge in [0.25, 0.3) is 0 Å². The summed E-state index contributed by atoms with van der Waals surface area (Å²) in [6, 6.07) is 0.301. The average molecular weight is 335 g/mol. The van der Waals surface area contributed by atoms with E-state index in [1.165, 1.54) is 38.6 Å². The van der Waals surface area contributed by atoms with Crippen LogP contribution < -0.4 is 5.32 Å². The number of piperidine rings is 2. The smallest absolute Gasteiger partial charge is 0.223 e. The normalized spacial score (nSPS) is 28.1. The van der Waals surface area contributed by atoms with Crippen LogP contribution in [0.3, 0.4) is 0 Å². The summed E-state index contributed by atoms with van der Waals surface area (Å²) in [7, 11) is 1.82. The molecule has 5 heteroatoms. The molecule has 0 bridgehead atoms. The number of rotatable bonds is 4. The van der Waals surface area contributed by atoms with Gasteiger partial charge in [-0.25, -0.2) is 0 Å². The van der Waals surface area contributed by atoms with Crippen LogP contribution in [-0.4, -0.2) is 60.9 Å². The Morgan fingerprint density at radius 3 is 2.42 bits per heavy atom. The number of amides is 2. The van der Waals surface area contributed by atoms with Gasteiger partial charge < -0.3 is 15.1 Å². The monoisotopic (exact) mass is 335 g/mol. The Morgan fingerprint density at radius 1 is 1.04 bits per heavy atom. The van der Waals surface area contributed by atoms with E-state index in [1.54, 1.807) is 4.90 Å². The second-order valence-electron chi connectivity index (χ2n) is 8.09. The van der Waals surface area contributed by atoms with E-state index in [2.05, 4.69) is 10.2 Å². The number of hydrogen-bond donors (Lipinski definition) is 1. The summed E-state index contributed by atoms with van der Waals surface area (Å²) in [6.07, 6.45) is 10.3. The van der Waals surface area contributed by atoms with Gasteiger partial charge in [0.05, 0.1) is 0 Å². The lowest BCUT2D eigenvalue weighted by atomic mass is 9.88. The second kappa shape index (κ2) is 8.32. The number of carbonyl (C=O) groups is 2. The summed E-state index contributed by atoms with van der Waals surface area (Å²) in [5.74, 6) is 0.981. The molecule has 0 radical (unpaired) electrons. The standard InChI is InChI=1S/C19H33N3O2/c1-21-10-7-16(13-18(21)23)19(24)20-17-8-11-22(12-9-17)14-15-5-3-2-4-6-15/h15-17H,2-14H2,1H3,(H,20,24). The van der Waals surface area contributed by atoms with Gasteiger partial charge >= 0.3 is 0 Å². The van der Waals surface area contributed by atoms with Crippen molar-refractivity contribution in [2.75, 3.05) is 33.2 Å². The predicted octanol–water partition coefficient (Wildman–Crippen LogP) is 2.02. The van der Waals surface area contributed by atoms with E-state index in [0.717, 1.165) is 38.3 Å². The first kappa shape index (κ1) is 17.7. The molecule has 0 aromatic carbocycles. The molecule has 1 atom stereocenters. The summed E-state index contributed by atoms with van der Waals surface area (Å²) >= 11 is 0. The van der Waals surface area contributed by atoms with Gasteiger partial charge in [0.1, 0.15) is 0 Å². The zero-order valence-electron chi connectivity index (χ0n) is 15.1. The van der Waals surface area contributed by atoms with Gasteiger partial charge in [0.2, 0.25) is 11.8 Å². The Morgan fingerprint density at radius 2 is 1.75 bits per heavy atom. The van der Waals surface area contributed by atoms with Crippen LogP contribution in [0.25, 0.3) is 0 Å². The van der Waals surface area contributed by atoms with Gasteiger partial charge in [-0.3, -0.25) is 9.59 Å². The third-order valence-electron chi connectivity index (χ3n) is 6.21. The maximum atomic E-state index is 12.4. The second-order valence-corrected chi connectivity index (χ2v) is 8.09. The summed E-state index contributed by atoms with van der Waals surface area (Å²) in [5, 5.41) is 3.21. The highest BCUT2D eigenvalue weighted by Gasteiger charge is 2.30. The highest BCUT2D eigenvalue weighted by molar-refractivity contribution is 5.86. The van der Waals surface area contributed by atoms with Gasteiger partial charge in [-0.05, 0) is 38.0 Å². The molecule has 1 saturated carbocycles. The molecule has 3 rings (SSSR count). The van der Waals surface area contributed by atoms with Crippen LogP contribution in [0.15, 0.2) is 0 Å². The molecule has 2 aliphatic heterocycles. The lowest BCUT2D eigenvalue weighted by Gasteiger charge is -2.36. The van der Waals surface area contributed by atoms with Gasteiger partial charge in [-0.2, -0.15) is 0 Å². The molecule has 1 aliphatic carbocycles. The van der Waals surface area contributed by atoms with Crippen LogP contribution in [0, 0.1) is 11.8 Å². The first-order valence-corrected chi connectivity index (χ1v) is 9.88. The molecule has 0 spiro atoms. The first-order chi connectivity index (χ1) is 11.6. The van der Waals surface area contributed by atoms with Crippen LogP contribution in [0.4, 0.5) is 0 Å². The van der Waals surface area contributed by atoms with Crippen LogP contribution in [0.2, 0.25) is 0 Å². The molecule has 2 saturated heterocycles. The first-order valence-electron chi connectivity index (χ1n) is 9.88. The van der Waals surface area contributed by atoms with Crippen LogP contribution in [0.5, 0.6) is 0 Å². The van der Waals surface area contributed by atoms with Crippen molar-refractivity contribution in [2.45, 2.75) is 63.8 Å². The number of nitrogens with zero attached hydrogens (tertiary/aromatic N) is 2. The predicted molar refractivity (Wildman–Crippen MR) is 94.5 cm³/mol. The van der Waals surface area contributed by atoms with E-state index < -0.39 is 0 Å². The zero-order chi connectivity index (χ0) is 16.9. The third-order valence-corrected chi connectivity index (χ3v) is 6.21. The Kier molecular flexibility index (Phi) is 6.14.